The number of rotatable bonds is 4. The van der Waals surface area contributed by atoms with Crippen LogP contribution in [0, 0.1) is 6.92 Å². The molecule has 0 aliphatic heterocycles. The fourth-order valence-corrected chi connectivity index (χ4v) is 1.45. The Balaban J connectivity index is 2.88. The van der Waals surface area contributed by atoms with Crippen molar-refractivity contribution in [3.05, 3.63) is 21.6 Å². The number of alkyl halides is 3. The highest BCUT2D eigenvalue weighted by Gasteiger charge is 2.30. The van der Waals surface area contributed by atoms with E-state index in [1.54, 1.807) is 6.92 Å². The maximum Gasteiger partial charge on any atom is 0.408 e. The topological polar surface area (TPSA) is 66.9 Å². The van der Waals surface area contributed by atoms with Gasteiger partial charge in [0.05, 0.1) is 12.1 Å². The molecule has 0 fully saturated rings. The Kier molecular flexibility index (Phi) is 4.20. The normalized spacial score (nSPS) is 11.6. The van der Waals surface area contributed by atoms with Crippen molar-refractivity contribution in [2.75, 3.05) is 0 Å². The highest BCUT2D eigenvalue weighted by atomic mass is 19.4. The van der Waals surface area contributed by atoms with Gasteiger partial charge in [0.15, 0.2) is 0 Å². The predicted octanol–water partition coefficient (Wildman–Crippen LogP) is 1.07. The lowest BCUT2D eigenvalue weighted by Gasteiger charge is -2.05. The zero-order valence-electron chi connectivity index (χ0n) is 10.0. The van der Waals surface area contributed by atoms with Crippen LogP contribution >= 0.6 is 0 Å². The number of amides is 1. The lowest BCUT2D eigenvalue weighted by molar-refractivity contribution is -0.143. The van der Waals surface area contributed by atoms with Gasteiger partial charge in [-0.3, -0.25) is 14.7 Å². The summed E-state index contributed by atoms with van der Waals surface area (Å²) in [6, 6.07) is 0. The highest BCUT2D eigenvalue weighted by molar-refractivity contribution is 5.75. The van der Waals surface area contributed by atoms with E-state index in [1.165, 1.54) is 6.92 Å². The standard InChI is InChI=1S/C10H14F3N3O2/c1-3-8(17)14-4-7-6(2)15-16(9(7)18)5-10(11,12)13/h15H,3-5H2,1-2H3,(H,14,17). The fourth-order valence-electron chi connectivity index (χ4n) is 1.45. The first-order chi connectivity index (χ1) is 8.24. The number of aromatic amines is 1. The smallest absolute Gasteiger partial charge is 0.352 e. The lowest BCUT2D eigenvalue weighted by Crippen LogP contribution is -2.30. The maximum atomic E-state index is 12.2. The Labute approximate surface area is 101 Å². The van der Waals surface area contributed by atoms with E-state index in [2.05, 4.69) is 10.4 Å². The lowest BCUT2D eigenvalue weighted by atomic mass is 10.2. The molecule has 2 N–H and O–H groups in total. The zero-order chi connectivity index (χ0) is 13.9. The van der Waals surface area contributed by atoms with Crippen LogP contribution in [-0.4, -0.2) is 21.9 Å². The summed E-state index contributed by atoms with van der Waals surface area (Å²) in [4.78, 5) is 22.7. The van der Waals surface area contributed by atoms with Crippen molar-refractivity contribution in [1.82, 2.24) is 15.1 Å². The number of H-pyrrole nitrogens is 1. The molecule has 1 aromatic heterocycles. The minimum Gasteiger partial charge on any atom is -0.352 e. The Morgan fingerprint density at radius 1 is 1.44 bits per heavy atom. The summed E-state index contributed by atoms with van der Waals surface area (Å²) in [6.45, 7) is 1.69. The molecule has 1 amide bonds. The summed E-state index contributed by atoms with van der Waals surface area (Å²) in [5, 5.41) is 4.80. The average molecular weight is 265 g/mol. The van der Waals surface area contributed by atoms with E-state index in [1.807, 2.05) is 0 Å². The van der Waals surface area contributed by atoms with Gasteiger partial charge in [-0.2, -0.15) is 13.2 Å². The molecular formula is C10H14F3N3O2. The van der Waals surface area contributed by atoms with E-state index in [0.29, 0.717) is 10.4 Å². The van der Waals surface area contributed by atoms with Crippen molar-refractivity contribution in [3.63, 3.8) is 0 Å². The van der Waals surface area contributed by atoms with E-state index in [-0.39, 0.29) is 24.4 Å². The molecule has 0 spiro atoms. The Hall–Kier alpha value is -1.73. The van der Waals surface area contributed by atoms with Gasteiger partial charge in [-0.15, -0.1) is 0 Å². The summed E-state index contributed by atoms with van der Waals surface area (Å²) in [5.41, 5.74) is -0.303. The first-order valence-electron chi connectivity index (χ1n) is 5.36. The van der Waals surface area contributed by atoms with E-state index >= 15 is 0 Å². The zero-order valence-corrected chi connectivity index (χ0v) is 10.0. The molecule has 1 rings (SSSR count). The first kappa shape index (κ1) is 14.3. The van der Waals surface area contributed by atoms with Crippen molar-refractivity contribution >= 4 is 5.91 Å². The second-order valence-corrected chi connectivity index (χ2v) is 3.85. The van der Waals surface area contributed by atoms with Gasteiger partial charge < -0.3 is 5.32 Å². The third kappa shape index (κ3) is 3.64. The molecule has 0 aromatic carbocycles. The molecule has 102 valence electrons. The minimum absolute atomic E-state index is 0.0707. The summed E-state index contributed by atoms with van der Waals surface area (Å²) < 4.78 is 37.0. The van der Waals surface area contributed by atoms with Crippen molar-refractivity contribution in [2.45, 2.75) is 39.5 Å². The van der Waals surface area contributed by atoms with E-state index in [9.17, 15) is 22.8 Å². The minimum atomic E-state index is -4.47. The van der Waals surface area contributed by atoms with Crippen LogP contribution in [-0.2, 0) is 17.9 Å². The molecule has 0 radical (unpaired) electrons. The van der Waals surface area contributed by atoms with E-state index < -0.39 is 18.3 Å². The van der Waals surface area contributed by atoms with Crippen LogP contribution in [0.1, 0.15) is 24.6 Å². The number of nitrogens with zero attached hydrogens (tertiary/aromatic N) is 1. The molecule has 0 unspecified atom stereocenters. The molecule has 18 heavy (non-hydrogen) atoms. The molecule has 1 aromatic rings. The van der Waals surface area contributed by atoms with Crippen molar-refractivity contribution in [3.8, 4) is 0 Å². The molecule has 0 saturated heterocycles. The molecule has 0 atom stereocenters. The van der Waals surface area contributed by atoms with E-state index in [0.717, 1.165) is 0 Å². The summed E-state index contributed by atoms with van der Waals surface area (Å²) in [7, 11) is 0. The maximum absolute atomic E-state index is 12.2. The molecular weight excluding hydrogens is 251 g/mol. The number of carbonyl (C=O) groups is 1. The number of hydrogen-bond acceptors (Lipinski definition) is 2. The largest absolute Gasteiger partial charge is 0.408 e. The number of aryl methyl sites for hydroxylation is 1. The first-order valence-corrected chi connectivity index (χ1v) is 5.36. The number of halogens is 3. The molecule has 0 aliphatic rings. The molecule has 0 bridgehead atoms. The number of carbonyl (C=O) groups excluding carboxylic acids is 1. The Morgan fingerprint density at radius 2 is 2.06 bits per heavy atom. The van der Waals surface area contributed by atoms with Gasteiger partial charge in [0.1, 0.15) is 6.54 Å². The van der Waals surface area contributed by atoms with Gasteiger partial charge >= 0.3 is 6.18 Å². The Bertz CT molecular complexity index is 488. The quantitative estimate of drug-likeness (QED) is 0.855. The second kappa shape index (κ2) is 5.28. The second-order valence-electron chi connectivity index (χ2n) is 3.85. The third-order valence-electron chi connectivity index (χ3n) is 2.38. The molecule has 8 heteroatoms. The summed E-state index contributed by atoms with van der Waals surface area (Å²) >= 11 is 0. The fraction of sp³-hybridized carbons (Fsp3) is 0.600. The van der Waals surface area contributed by atoms with Gasteiger partial charge in [-0.05, 0) is 6.92 Å². The molecule has 5 nitrogen and oxygen atoms in total. The van der Waals surface area contributed by atoms with Gasteiger partial charge in [0, 0.05) is 12.1 Å². The van der Waals surface area contributed by atoms with Gasteiger partial charge in [0.2, 0.25) is 5.91 Å². The van der Waals surface area contributed by atoms with Crippen LogP contribution in [0.4, 0.5) is 13.2 Å². The van der Waals surface area contributed by atoms with Gasteiger partial charge in [0.25, 0.3) is 5.56 Å². The predicted molar refractivity (Wildman–Crippen MR) is 58.0 cm³/mol. The summed E-state index contributed by atoms with van der Waals surface area (Å²) in [5.74, 6) is -0.266. The van der Waals surface area contributed by atoms with Crippen molar-refractivity contribution < 1.29 is 18.0 Å². The monoisotopic (exact) mass is 265 g/mol. The van der Waals surface area contributed by atoms with Gasteiger partial charge in [-0.1, -0.05) is 6.92 Å². The van der Waals surface area contributed by atoms with Gasteiger partial charge in [-0.25, -0.2) is 4.68 Å². The highest BCUT2D eigenvalue weighted by Crippen LogP contribution is 2.16. The summed E-state index contributed by atoms with van der Waals surface area (Å²) in [6.07, 6.45) is -4.22. The van der Waals surface area contributed by atoms with E-state index in [4.69, 9.17) is 0 Å². The average Bonchev–Trinajstić information content (AvgIpc) is 2.49. The van der Waals surface area contributed by atoms with Crippen LogP contribution in [0.15, 0.2) is 4.79 Å². The number of aromatic nitrogens is 2. The number of nitrogens with one attached hydrogen (secondary N) is 2. The SMILES string of the molecule is CCC(=O)NCc1c(C)[nH]n(CC(F)(F)F)c1=O. The van der Waals surface area contributed by atoms with Crippen molar-refractivity contribution in [1.29, 1.82) is 0 Å². The molecule has 0 aliphatic carbocycles. The molecule has 0 saturated carbocycles. The van der Waals surface area contributed by atoms with Crippen LogP contribution in [0.2, 0.25) is 0 Å². The third-order valence-corrected chi connectivity index (χ3v) is 2.38. The van der Waals surface area contributed by atoms with Crippen LogP contribution < -0.4 is 10.9 Å². The van der Waals surface area contributed by atoms with Crippen LogP contribution in [0.3, 0.4) is 0 Å². The van der Waals surface area contributed by atoms with Crippen LogP contribution in [0.25, 0.3) is 0 Å². The number of hydrogen-bond donors (Lipinski definition) is 2. The Morgan fingerprint density at radius 3 is 2.56 bits per heavy atom. The van der Waals surface area contributed by atoms with Crippen molar-refractivity contribution in [2.24, 2.45) is 0 Å². The van der Waals surface area contributed by atoms with Crippen LogP contribution in [0.5, 0.6) is 0 Å². The molecule has 1 heterocycles.